The normalized spacial score (nSPS) is 16.0. The fourth-order valence-electron chi connectivity index (χ4n) is 1.83. The zero-order chi connectivity index (χ0) is 12.6. The molecule has 0 rings (SSSR count). The van der Waals surface area contributed by atoms with Gasteiger partial charge in [0, 0.05) is 26.5 Å². The van der Waals surface area contributed by atoms with E-state index in [9.17, 15) is 8.42 Å². The molecule has 0 aromatic heterocycles. The highest BCUT2D eigenvalue weighted by molar-refractivity contribution is 7.91. The third-order valence-corrected chi connectivity index (χ3v) is 4.49. The molecule has 0 aromatic rings. The van der Waals surface area contributed by atoms with Gasteiger partial charge in [-0.05, 0) is 12.3 Å². The zero-order valence-corrected chi connectivity index (χ0v) is 11.6. The highest BCUT2D eigenvalue weighted by atomic mass is 32.2. The van der Waals surface area contributed by atoms with Crippen molar-refractivity contribution in [3.8, 4) is 0 Å². The summed E-state index contributed by atoms with van der Waals surface area (Å²) in [5.74, 6) is 0.204. The summed E-state index contributed by atoms with van der Waals surface area (Å²) < 4.78 is 28.2. The van der Waals surface area contributed by atoms with Crippen LogP contribution in [0, 0.1) is 5.92 Å². The molecule has 98 valence electrons. The number of nitrogens with one attached hydrogen (secondary N) is 1. The van der Waals surface area contributed by atoms with Gasteiger partial charge in [-0.2, -0.15) is 0 Å². The van der Waals surface area contributed by atoms with E-state index in [1.54, 1.807) is 7.11 Å². The molecular weight excluding hydrogens is 226 g/mol. The topological polar surface area (TPSA) is 55.4 Å². The van der Waals surface area contributed by atoms with Gasteiger partial charge < -0.3 is 10.1 Å². The smallest absolute Gasteiger partial charge is 0.151 e. The van der Waals surface area contributed by atoms with Crippen LogP contribution in [0.2, 0.25) is 0 Å². The molecule has 0 aliphatic carbocycles. The predicted octanol–water partition coefficient (Wildman–Crippen LogP) is 1.07. The van der Waals surface area contributed by atoms with E-state index < -0.39 is 9.84 Å². The molecule has 0 bridgehead atoms. The number of ether oxygens (including phenoxy) is 1. The lowest BCUT2D eigenvalue weighted by Crippen LogP contribution is -2.38. The van der Waals surface area contributed by atoms with E-state index in [-0.39, 0.29) is 11.2 Å². The molecule has 0 saturated heterocycles. The minimum absolute atomic E-state index is 0.204. The second-order valence-corrected chi connectivity index (χ2v) is 6.60. The number of hydrogen-bond acceptors (Lipinski definition) is 4. The third kappa shape index (κ3) is 6.45. The summed E-state index contributed by atoms with van der Waals surface area (Å²) in [5.41, 5.74) is 0. The Labute approximate surface area is 99.7 Å². The van der Waals surface area contributed by atoms with Gasteiger partial charge in [0.2, 0.25) is 0 Å². The average molecular weight is 251 g/mol. The van der Waals surface area contributed by atoms with Crippen LogP contribution in [0.4, 0.5) is 0 Å². The highest BCUT2D eigenvalue weighted by Crippen LogP contribution is 2.16. The molecule has 0 spiro atoms. The largest absolute Gasteiger partial charge is 0.383 e. The lowest BCUT2D eigenvalue weighted by Gasteiger charge is -2.22. The quantitative estimate of drug-likeness (QED) is 0.623. The maximum atomic E-state index is 11.6. The molecule has 1 N–H and O–H groups in total. The highest BCUT2D eigenvalue weighted by Gasteiger charge is 2.25. The maximum absolute atomic E-state index is 11.6. The van der Waals surface area contributed by atoms with Crippen molar-refractivity contribution in [2.45, 2.75) is 31.9 Å². The van der Waals surface area contributed by atoms with Crippen LogP contribution in [-0.4, -0.2) is 46.7 Å². The van der Waals surface area contributed by atoms with E-state index in [0.29, 0.717) is 19.7 Å². The SMILES string of the molecule is CCCC(C)C(CNCCOC)S(C)(=O)=O. The Morgan fingerprint density at radius 3 is 2.44 bits per heavy atom. The van der Waals surface area contributed by atoms with Gasteiger partial charge in [0.15, 0.2) is 9.84 Å². The first kappa shape index (κ1) is 15.9. The molecule has 16 heavy (non-hydrogen) atoms. The van der Waals surface area contributed by atoms with E-state index in [1.165, 1.54) is 6.26 Å². The lowest BCUT2D eigenvalue weighted by molar-refractivity contribution is 0.199. The summed E-state index contributed by atoms with van der Waals surface area (Å²) in [4.78, 5) is 0. The van der Waals surface area contributed by atoms with Gasteiger partial charge in [0.1, 0.15) is 0 Å². The van der Waals surface area contributed by atoms with Crippen molar-refractivity contribution in [2.75, 3.05) is 33.1 Å². The number of rotatable bonds is 9. The molecule has 0 aliphatic heterocycles. The molecule has 0 amide bonds. The average Bonchev–Trinajstić information content (AvgIpc) is 2.16. The van der Waals surface area contributed by atoms with Crippen LogP contribution < -0.4 is 5.32 Å². The van der Waals surface area contributed by atoms with E-state index in [4.69, 9.17) is 4.74 Å². The summed E-state index contributed by atoms with van der Waals surface area (Å²) in [6.07, 6.45) is 3.29. The number of sulfone groups is 1. The first-order valence-electron chi connectivity index (χ1n) is 5.82. The van der Waals surface area contributed by atoms with Crippen LogP contribution in [0.1, 0.15) is 26.7 Å². The molecule has 0 fully saturated rings. The van der Waals surface area contributed by atoms with Crippen molar-refractivity contribution < 1.29 is 13.2 Å². The van der Waals surface area contributed by atoms with Crippen molar-refractivity contribution in [1.82, 2.24) is 5.32 Å². The molecule has 0 radical (unpaired) electrons. The third-order valence-electron chi connectivity index (χ3n) is 2.76. The molecule has 0 heterocycles. The second-order valence-electron chi connectivity index (χ2n) is 4.33. The Morgan fingerprint density at radius 1 is 1.38 bits per heavy atom. The molecule has 0 saturated carbocycles. The Morgan fingerprint density at radius 2 is 2.00 bits per heavy atom. The second kappa shape index (κ2) is 8.03. The summed E-state index contributed by atoms with van der Waals surface area (Å²) >= 11 is 0. The minimum atomic E-state index is -2.98. The fourth-order valence-corrected chi connectivity index (χ4v) is 3.23. The van der Waals surface area contributed by atoms with Crippen LogP contribution in [0.25, 0.3) is 0 Å². The zero-order valence-electron chi connectivity index (χ0n) is 10.8. The van der Waals surface area contributed by atoms with Crippen molar-refractivity contribution in [3.05, 3.63) is 0 Å². The Balaban J connectivity index is 4.23. The van der Waals surface area contributed by atoms with Crippen molar-refractivity contribution >= 4 is 9.84 Å². The molecular formula is C11H25NO3S. The van der Waals surface area contributed by atoms with Crippen molar-refractivity contribution in [3.63, 3.8) is 0 Å². The standard InChI is InChI=1S/C11H25NO3S/c1-5-6-10(2)11(16(4,13)14)9-12-7-8-15-3/h10-12H,5-9H2,1-4H3. The monoisotopic (exact) mass is 251 g/mol. The first-order chi connectivity index (χ1) is 7.43. The first-order valence-corrected chi connectivity index (χ1v) is 7.77. The van der Waals surface area contributed by atoms with Crippen LogP contribution in [0.5, 0.6) is 0 Å². The van der Waals surface area contributed by atoms with E-state index in [1.807, 2.05) is 6.92 Å². The fraction of sp³-hybridized carbons (Fsp3) is 1.00. The van der Waals surface area contributed by atoms with Gasteiger partial charge in [-0.3, -0.25) is 0 Å². The van der Waals surface area contributed by atoms with E-state index in [2.05, 4.69) is 12.2 Å². The van der Waals surface area contributed by atoms with Gasteiger partial charge in [0.25, 0.3) is 0 Å². The summed E-state index contributed by atoms with van der Waals surface area (Å²) in [6, 6.07) is 0. The van der Waals surface area contributed by atoms with Gasteiger partial charge in [-0.25, -0.2) is 8.42 Å². The number of methoxy groups -OCH3 is 1. The predicted molar refractivity (Wildman–Crippen MR) is 67.4 cm³/mol. The van der Waals surface area contributed by atoms with Gasteiger partial charge in [0.05, 0.1) is 11.9 Å². The molecule has 5 heteroatoms. The number of hydrogen-bond donors (Lipinski definition) is 1. The van der Waals surface area contributed by atoms with Crippen LogP contribution >= 0.6 is 0 Å². The molecule has 4 nitrogen and oxygen atoms in total. The van der Waals surface area contributed by atoms with Gasteiger partial charge in [-0.1, -0.05) is 20.3 Å². The summed E-state index contributed by atoms with van der Waals surface area (Å²) in [6.45, 7) is 5.91. The molecule has 2 atom stereocenters. The Bertz CT molecular complexity index is 264. The Hall–Kier alpha value is -0.130. The van der Waals surface area contributed by atoms with Crippen molar-refractivity contribution in [2.24, 2.45) is 5.92 Å². The summed E-state index contributed by atoms with van der Waals surface area (Å²) in [5, 5.41) is 2.84. The van der Waals surface area contributed by atoms with Crippen molar-refractivity contribution in [1.29, 1.82) is 0 Å². The van der Waals surface area contributed by atoms with Gasteiger partial charge >= 0.3 is 0 Å². The summed E-state index contributed by atoms with van der Waals surface area (Å²) in [7, 11) is -1.34. The molecule has 0 aromatic carbocycles. The molecule has 0 aliphatic rings. The van der Waals surface area contributed by atoms with E-state index in [0.717, 1.165) is 12.8 Å². The van der Waals surface area contributed by atoms with E-state index >= 15 is 0 Å². The van der Waals surface area contributed by atoms with Crippen LogP contribution in [0.3, 0.4) is 0 Å². The lowest BCUT2D eigenvalue weighted by atomic mass is 10.0. The van der Waals surface area contributed by atoms with Crippen LogP contribution in [0.15, 0.2) is 0 Å². The Kier molecular flexibility index (Phi) is 7.97. The van der Waals surface area contributed by atoms with Crippen LogP contribution in [-0.2, 0) is 14.6 Å². The maximum Gasteiger partial charge on any atom is 0.151 e. The molecule has 2 unspecified atom stereocenters. The van der Waals surface area contributed by atoms with Gasteiger partial charge in [-0.15, -0.1) is 0 Å². The minimum Gasteiger partial charge on any atom is -0.383 e.